The lowest BCUT2D eigenvalue weighted by Crippen LogP contribution is -2.14. The maximum Gasteiger partial charge on any atom is 0.234 e. The highest BCUT2D eigenvalue weighted by atomic mass is 32.2. The molecule has 110 valence electrons. The molecule has 21 heavy (non-hydrogen) atoms. The molecule has 4 heteroatoms. The molecule has 0 radical (unpaired) electrons. The average molecular weight is 300 g/mol. The fraction of sp³-hybridized carbons (Fsp3) is 0.235. The molecule has 3 N–H and O–H groups in total. The number of amides is 1. The van der Waals surface area contributed by atoms with Gasteiger partial charge < -0.3 is 11.1 Å². The van der Waals surface area contributed by atoms with Gasteiger partial charge >= 0.3 is 0 Å². The van der Waals surface area contributed by atoms with E-state index in [1.807, 2.05) is 62.4 Å². The monoisotopic (exact) mass is 300 g/mol. The highest BCUT2D eigenvalue weighted by molar-refractivity contribution is 8.00. The summed E-state index contributed by atoms with van der Waals surface area (Å²) in [6.45, 7) is 3.93. The summed E-state index contributed by atoms with van der Waals surface area (Å²) in [5.74, 6) is 0.386. The van der Waals surface area contributed by atoms with Crippen molar-refractivity contribution in [3.63, 3.8) is 0 Å². The van der Waals surface area contributed by atoms with Crippen LogP contribution in [0.15, 0.2) is 53.4 Å². The number of anilines is 1. The molecule has 0 aliphatic heterocycles. The van der Waals surface area contributed by atoms with Crippen molar-refractivity contribution >= 4 is 23.4 Å². The summed E-state index contributed by atoms with van der Waals surface area (Å²) < 4.78 is 0. The van der Waals surface area contributed by atoms with Crippen LogP contribution in [0.2, 0.25) is 0 Å². The maximum atomic E-state index is 12.0. The smallest absolute Gasteiger partial charge is 0.234 e. The molecule has 1 unspecified atom stereocenters. The lowest BCUT2D eigenvalue weighted by atomic mass is 10.1. The van der Waals surface area contributed by atoms with Crippen molar-refractivity contribution in [3.05, 3.63) is 59.7 Å². The number of aryl methyl sites for hydroxylation is 1. The van der Waals surface area contributed by atoms with Gasteiger partial charge in [0, 0.05) is 16.6 Å². The Morgan fingerprint density at radius 3 is 2.71 bits per heavy atom. The van der Waals surface area contributed by atoms with E-state index < -0.39 is 0 Å². The quantitative estimate of drug-likeness (QED) is 0.827. The van der Waals surface area contributed by atoms with Crippen LogP contribution < -0.4 is 11.1 Å². The number of carbonyl (C=O) groups excluding carboxylic acids is 1. The van der Waals surface area contributed by atoms with Gasteiger partial charge in [-0.3, -0.25) is 4.79 Å². The van der Waals surface area contributed by atoms with E-state index in [0.717, 1.165) is 21.7 Å². The van der Waals surface area contributed by atoms with E-state index in [0.29, 0.717) is 5.75 Å². The third-order valence-corrected chi connectivity index (χ3v) is 4.17. The number of para-hydroxylation sites is 1. The van der Waals surface area contributed by atoms with Crippen molar-refractivity contribution in [3.8, 4) is 0 Å². The first-order valence-corrected chi connectivity index (χ1v) is 7.88. The largest absolute Gasteiger partial charge is 0.325 e. The summed E-state index contributed by atoms with van der Waals surface area (Å²) in [4.78, 5) is 13.1. The van der Waals surface area contributed by atoms with Gasteiger partial charge in [0.1, 0.15) is 0 Å². The molecule has 0 saturated heterocycles. The number of carbonyl (C=O) groups is 1. The molecule has 1 amide bonds. The summed E-state index contributed by atoms with van der Waals surface area (Å²) in [6, 6.07) is 15.8. The maximum absolute atomic E-state index is 12.0. The second-order valence-corrected chi connectivity index (χ2v) is 6.06. The molecule has 0 heterocycles. The van der Waals surface area contributed by atoms with Gasteiger partial charge in [0.15, 0.2) is 0 Å². The van der Waals surface area contributed by atoms with Gasteiger partial charge in [-0.1, -0.05) is 30.3 Å². The van der Waals surface area contributed by atoms with Gasteiger partial charge in [-0.2, -0.15) is 0 Å². The number of hydrogen-bond acceptors (Lipinski definition) is 3. The van der Waals surface area contributed by atoms with Crippen LogP contribution in [0.4, 0.5) is 5.69 Å². The van der Waals surface area contributed by atoms with E-state index in [2.05, 4.69) is 5.32 Å². The zero-order chi connectivity index (χ0) is 15.2. The Labute approximate surface area is 129 Å². The number of thioether (sulfide) groups is 1. The minimum absolute atomic E-state index is 0.000463. The topological polar surface area (TPSA) is 55.1 Å². The molecule has 3 nitrogen and oxygen atoms in total. The van der Waals surface area contributed by atoms with Crippen molar-refractivity contribution in [2.45, 2.75) is 24.8 Å². The molecule has 2 rings (SSSR count). The fourth-order valence-corrected chi connectivity index (χ4v) is 2.70. The Kier molecular flexibility index (Phi) is 5.42. The summed E-state index contributed by atoms with van der Waals surface area (Å²) in [7, 11) is 0. The van der Waals surface area contributed by atoms with Crippen molar-refractivity contribution in [2.75, 3.05) is 11.1 Å². The van der Waals surface area contributed by atoms with E-state index in [1.165, 1.54) is 11.8 Å². The van der Waals surface area contributed by atoms with Crippen molar-refractivity contribution < 1.29 is 4.79 Å². The first-order valence-electron chi connectivity index (χ1n) is 6.90. The molecule has 0 bridgehead atoms. The summed E-state index contributed by atoms with van der Waals surface area (Å²) in [6.07, 6.45) is 0. The van der Waals surface area contributed by atoms with Crippen LogP contribution in [0.5, 0.6) is 0 Å². The highest BCUT2D eigenvalue weighted by Gasteiger charge is 2.06. The van der Waals surface area contributed by atoms with Gasteiger partial charge in [0.05, 0.1) is 5.75 Å². The Bertz CT molecular complexity index is 626. The average Bonchev–Trinajstić information content (AvgIpc) is 2.48. The summed E-state index contributed by atoms with van der Waals surface area (Å²) in [5.41, 5.74) is 8.88. The number of rotatable bonds is 5. The molecule has 0 saturated carbocycles. The first kappa shape index (κ1) is 15.6. The Morgan fingerprint density at radius 2 is 2.00 bits per heavy atom. The fourth-order valence-electron chi connectivity index (χ4n) is 1.94. The molecule has 0 spiro atoms. The van der Waals surface area contributed by atoms with Crippen LogP contribution >= 0.6 is 11.8 Å². The number of nitrogens with two attached hydrogens (primary N) is 1. The van der Waals surface area contributed by atoms with Gasteiger partial charge in [-0.25, -0.2) is 0 Å². The molecule has 0 fully saturated rings. The molecule has 2 aromatic rings. The lowest BCUT2D eigenvalue weighted by Gasteiger charge is -2.09. The van der Waals surface area contributed by atoms with Gasteiger partial charge in [0.2, 0.25) is 5.91 Å². The second-order valence-electron chi connectivity index (χ2n) is 5.01. The molecule has 0 aromatic heterocycles. The van der Waals surface area contributed by atoms with Crippen LogP contribution in [0.25, 0.3) is 0 Å². The predicted octanol–water partition coefficient (Wildman–Crippen LogP) is 3.75. The zero-order valence-corrected chi connectivity index (χ0v) is 13.1. The Hall–Kier alpha value is -1.78. The standard InChI is InChI=1S/C17H20N2OS/c1-12-6-3-4-9-16(12)19-17(20)11-21-15-8-5-7-14(10-15)13(2)18/h3-10,13H,11,18H2,1-2H3,(H,19,20). The minimum atomic E-state index is 0.000463. The van der Waals surface area contributed by atoms with E-state index in [4.69, 9.17) is 5.73 Å². The highest BCUT2D eigenvalue weighted by Crippen LogP contribution is 2.22. The molecular formula is C17H20N2OS. The van der Waals surface area contributed by atoms with Crippen molar-refractivity contribution in [2.24, 2.45) is 5.73 Å². The van der Waals surface area contributed by atoms with Gasteiger partial charge in [-0.15, -0.1) is 11.8 Å². The van der Waals surface area contributed by atoms with E-state index >= 15 is 0 Å². The van der Waals surface area contributed by atoms with E-state index in [1.54, 1.807) is 0 Å². The van der Waals surface area contributed by atoms with Crippen LogP contribution in [0.3, 0.4) is 0 Å². The van der Waals surface area contributed by atoms with Crippen molar-refractivity contribution in [1.29, 1.82) is 0 Å². The van der Waals surface area contributed by atoms with Crippen LogP contribution in [0, 0.1) is 6.92 Å². The van der Waals surface area contributed by atoms with Gasteiger partial charge in [-0.05, 0) is 43.2 Å². The second kappa shape index (κ2) is 7.29. The number of benzene rings is 2. The number of hydrogen-bond donors (Lipinski definition) is 2. The predicted molar refractivity (Wildman–Crippen MR) is 89.6 cm³/mol. The van der Waals surface area contributed by atoms with E-state index in [-0.39, 0.29) is 11.9 Å². The third-order valence-electron chi connectivity index (χ3n) is 3.17. The third kappa shape index (κ3) is 4.62. The van der Waals surface area contributed by atoms with Crippen molar-refractivity contribution in [1.82, 2.24) is 0 Å². The Morgan fingerprint density at radius 1 is 1.24 bits per heavy atom. The first-order chi connectivity index (χ1) is 10.1. The number of nitrogens with one attached hydrogen (secondary N) is 1. The normalized spacial score (nSPS) is 12.0. The molecular weight excluding hydrogens is 280 g/mol. The molecule has 0 aliphatic rings. The van der Waals surface area contributed by atoms with Crippen LogP contribution in [0.1, 0.15) is 24.1 Å². The minimum Gasteiger partial charge on any atom is -0.325 e. The Balaban J connectivity index is 1.92. The molecule has 0 aliphatic carbocycles. The van der Waals surface area contributed by atoms with E-state index in [9.17, 15) is 4.79 Å². The summed E-state index contributed by atoms with van der Waals surface area (Å²) in [5, 5.41) is 2.93. The van der Waals surface area contributed by atoms with Gasteiger partial charge in [0.25, 0.3) is 0 Å². The van der Waals surface area contributed by atoms with Crippen LogP contribution in [-0.4, -0.2) is 11.7 Å². The molecule has 2 aromatic carbocycles. The molecule has 1 atom stereocenters. The summed E-state index contributed by atoms with van der Waals surface area (Å²) >= 11 is 1.52. The lowest BCUT2D eigenvalue weighted by molar-refractivity contribution is -0.113. The zero-order valence-electron chi connectivity index (χ0n) is 12.3. The van der Waals surface area contributed by atoms with Crippen LogP contribution in [-0.2, 0) is 4.79 Å². The SMILES string of the molecule is Cc1ccccc1NC(=O)CSc1cccc(C(C)N)c1.